The van der Waals surface area contributed by atoms with Crippen molar-refractivity contribution < 1.29 is 9.47 Å². The number of hydrogen-bond donors (Lipinski definition) is 1. The van der Waals surface area contributed by atoms with Gasteiger partial charge in [0.05, 0.1) is 19.8 Å². The van der Waals surface area contributed by atoms with Crippen LogP contribution < -0.4 is 10.5 Å². The van der Waals surface area contributed by atoms with Gasteiger partial charge < -0.3 is 15.2 Å². The summed E-state index contributed by atoms with van der Waals surface area (Å²) in [6.07, 6.45) is 5.22. The van der Waals surface area contributed by atoms with E-state index in [2.05, 4.69) is 13.0 Å². The quantitative estimate of drug-likeness (QED) is 0.867. The van der Waals surface area contributed by atoms with Crippen molar-refractivity contribution in [2.45, 2.75) is 45.3 Å². The minimum atomic E-state index is 0.310. The van der Waals surface area contributed by atoms with Gasteiger partial charge in [0.25, 0.3) is 0 Å². The predicted octanol–water partition coefficient (Wildman–Crippen LogP) is 3.37. The number of ether oxygens (including phenoxy) is 2. The van der Waals surface area contributed by atoms with Gasteiger partial charge in [-0.15, -0.1) is 0 Å². The third kappa shape index (κ3) is 3.97. The fourth-order valence-electron chi connectivity index (χ4n) is 3.08. The normalized spacial score (nSPS) is 26.4. The van der Waals surface area contributed by atoms with E-state index in [1.165, 1.54) is 24.8 Å². The molecule has 3 nitrogen and oxygen atoms in total. The Balaban J connectivity index is 1.92. The molecule has 0 bridgehead atoms. The fourth-order valence-corrected chi connectivity index (χ4v) is 3.08. The monoisotopic (exact) mass is 277 g/mol. The summed E-state index contributed by atoms with van der Waals surface area (Å²) >= 11 is 0. The van der Waals surface area contributed by atoms with Crippen molar-refractivity contribution in [3.63, 3.8) is 0 Å². The van der Waals surface area contributed by atoms with E-state index in [1.54, 1.807) is 7.11 Å². The summed E-state index contributed by atoms with van der Waals surface area (Å²) in [5.74, 6) is 2.20. The Morgan fingerprint density at radius 3 is 2.85 bits per heavy atom. The molecule has 3 heteroatoms. The molecule has 0 saturated heterocycles. The molecule has 1 aliphatic rings. The molecule has 1 aliphatic carbocycles. The molecule has 3 atom stereocenters. The maximum Gasteiger partial charge on any atom is 0.119 e. The first-order valence-corrected chi connectivity index (χ1v) is 7.71. The van der Waals surface area contributed by atoms with Crippen LogP contribution in [-0.2, 0) is 11.3 Å². The van der Waals surface area contributed by atoms with Gasteiger partial charge in [0.1, 0.15) is 5.75 Å². The number of hydrogen-bond acceptors (Lipinski definition) is 3. The summed E-state index contributed by atoms with van der Waals surface area (Å²) < 4.78 is 11.4. The molecule has 1 fully saturated rings. The Labute approximate surface area is 122 Å². The molecule has 1 saturated carbocycles. The van der Waals surface area contributed by atoms with Crippen LogP contribution in [0.1, 0.15) is 38.2 Å². The van der Waals surface area contributed by atoms with Crippen molar-refractivity contribution in [1.82, 2.24) is 0 Å². The largest absolute Gasteiger partial charge is 0.497 e. The molecule has 2 rings (SSSR count). The Morgan fingerprint density at radius 2 is 2.15 bits per heavy atom. The van der Waals surface area contributed by atoms with Crippen molar-refractivity contribution in [3.05, 3.63) is 29.8 Å². The second-order valence-electron chi connectivity index (χ2n) is 5.78. The zero-order valence-corrected chi connectivity index (χ0v) is 12.7. The minimum Gasteiger partial charge on any atom is -0.497 e. The molecule has 112 valence electrons. The molecule has 0 spiro atoms. The van der Waals surface area contributed by atoms with Crippen molar-refractivity contribution in [1.29, 1.82) is 0 Å². The van der Waals surface area contributed by atoms with Gasteiger partial charge in [0.2, 0.25) is 0 Å². The molecule has 1 aromatic rings. The van der Waals surface area contributed by atoms with Crippen molar-refractivity contribution in [2.75, 3.05) is 13.7 Å². The van der Waals surface area contributed by atoms with Gasteiger partial charge in [-0.05, 0) is 55.3 Å². The Hall–Kier alpha value is -1.06. The molecule has 1 aromatic carbocycles. The molecule has 0 radical (unpaired) electrons. The average Bonchev–Trinajstić information content (AvgIpc) is 2.52. The summed E-state index contributed by atoms with van der Waals surface area (Å²) in [5, 5.41) is 0. The number of methoxy groups -OCH3 is 1. The number of nitrogens with two attached hydrogens (primary N) is 1. The van der Waals surface area contributed by atoms with Gasteiger partial charge in [-0.2, -0.15) is 0 Å². The first-order chi connectivity index (χ1) is 9.76. The maximum absolute atomic E-state index is 6.17. The van der Waals surface area contributed by atoms with E-state index in [1.807, 2.05) is 18.2 Å². The van der Waals surface area contributed by atoms with Crippen LogP contribution in [-0.4, -0.2) is 19.8 Å². The first kappa shape index (κ1) is 15.3. The van der Waals surface area contributed by atoms with E-state index < -0.39 is 0 Å². The van der Waals surface area contributed by atoms with E-state index in [4.69, 9.17) is 15.2 Å². The lowest BCUT2D eigenvalue weighted by Crippen LogP contribution is -2.36. The highest BCUT2D eigenvalue weighted by molar-refractivity contribution is 5.27. The SMILES string of the molecule is CCC1CCC(CN)C(OCc2cccc(OC)c2)C1. The Kier molecular flexibility index (Phi) is 5.86. The van der Waals surface area contributed by atoms with Crippen LogP contribution in [0.3, 0.4) is 0 Å². The molecular formula is C17H27NO2. The van der Waals surface area contributed by atoms with E-state index >= 15 is 0 Å². The summed E-state index contributed by atoms with van der Waals surface area (Å²) in [7, 11) is 1.69. The zero-order chi connectivity index (χ0) is 14.4. The molecule has 0 aliphatic heterocycles. The van der Waals surface area contributed by atoms with Crippen molar-refractivity contribution in [3.8, 4) is 5.75 Å². The van der Waals surface area contributed by atoms with Gasteiger partial charge in [-0.25, -0.2) is 0 Å². The Morgan fingerprint density at radius 1 is 1.30 bits per heavy atom. The Bertz CT molecular complexity index is 408. The third-order valence-electron chi connectivity index (χ3n) is 4.52. The van der Waals surface area contributed by atoms with Gasteiger partial charge in [0, 0.05) is 0 Å². The summed E-state index contributed by atoms with van der Waals surface area (Å²) in [6, 6.07) is 8.09. The predicted molar refractivity (Wildman–Crippen MR) is 81.7 cm³/mol. The van der Waals surface area contributed by atoms with Crippen molar-refractivity contribution >= 4 is 0 Å². The summed E-state index contributed by atoms with van der Waals surface area (Å²) in [5.41, 5.74) is 7.06. The molecule has 0 amide bonds. The van der Waals surface area contributed by atoms with Crippen LogP contribution in [0, 0.1) is 11.8 Å². The highest BCUT2D eigenvalue weighted by atomic mass is 16.5. The molecule has 0 aromatic heterocycles. The fraction of sp³-hybridized carbons (Fsp3) is 0.647. The number of rotatable bonds is 6. The lowest BCUT2D eigenvalue weighted by Gasteiger charge is -2.35. The molecule has 20 heavy (non-hydrogen) atoms. The van der Waals surface area contributed by atoms with Crippen LogP contribution >= 0.6 is 0 Å². The lowest BCUT2D eigenvalue weighted by atomic mass is 9.78. The van der Waals surface area contributed by atoms with Crippen molar-refractivity contribution in [2.24, 2.45) is 17.6 Å². The minimum absolute atomic E-state index is 0.310. The van der Waals surface area contributed by atoms with Gasteiger partial charge in [-0.1, -0.05) is 25.5 Å². The second-order valence-corrected chi connectivity index (χ2v) is 5.78. The van der Waals surface area contributed by atoms with E-state index in [0.29, 0.717) is 18.6 Å². The second kappa shape index (κ2) is 7.65. The molecule has 2 N–H and O–H groups in total. The molecular weight excluding hydrogens is 250 g/mol. The first-order valence-electron chi connectivity index (χ1n) is 7.71. The van der Waals surface area contributed by atoms with E-state index in [0.717, 1.165) is 24.6 Å². The third-order valence-corrected chi connectivity index (χ3v) is 4.52. The molecule has 0 heterocycles. The van der Waals surface area contributed by atoms with Crippen LogP contribution in [0.4, 0.5) is 0 Å². The lowest BCUT2D eigenvalue weighted by molar-refractivity contribution is -0.0333. The smallest absolute Gasteiger partial charge is 0.119 e. The van der Waals surface area contributed by atoms with E-state index in [9.17, 15) is 0 Å². The van der Waals surface area contributed by atoms with Gasteiger partial charge >= 0.3 is 0 Å². The number of benzene rings is 1. The molecule has 3 unspecified atom stereocenters. The van der Waals surface area contributed by atoms with Crippen LogP contribution in [0.15, 0.2) is 24.3 Å². The van der Waals surface area contributed by atoms with Crippen LogP contribution in [0.25, 0.3) is 0 Å². The summed E-state index contributed by atoms with van der Waals surface area (Å²) in [4.78, 5) is 0. The van der Waals surface area contributed by atoms with Crippen LogP contribution in [0.5, 0.6) is 5.75 Å². The van der Waals surface area contributed by atoms with Crippen LogP contribution in [0.2, 0.25) is 0 Å². The standard InChI is InChI=1S/C17H27NO2/c1-3-13-7-8-15(11-18)17(10-13)20-12-14-5-4-6-16(9-14)19-2/h4-6,9,13,15,17H,3,7-8,10-12,18H2,1-2H3. The topological polar surface area (TPSA) is 44.5 Å². The maximum atomic E-state index is 6.17. The van der Waals surface area contributed by atoms with Gasteiger partial charge in [0.15, 0.2) is 0 Å². The highest BCUT2D eigenvalue weighted by Crippen LogP contribution is 2.33. The zero-order valence-electron chi connectivity index (χ0n) is 12.7. The van der Waals surface area contributed by atoms with Gasteiger partial charge in [-0.3, -0.25) is 0 Å². The summed E-state index contributed by atoms with van der Waals surface area (Å²) in [6.45, 7) is 3.65. The van der Waals surface area contributed by atoms with E-state index in [-0.39, 0.29) is 0 Å². The highest BCUT2D eigenvalue weighted by Gasteiger charge is 2.29. The average molecular weight is 277 g/mol.